The molecule has 1 aliphatic rings. The van der Waals surface area contributed by atoms with Gasteiger partial charge < -0.3 is 19.7 Å². The zero-order valence-corrected chi connectivity index (χ0v) is 16.8. The van der Waals surface area contributed by atoms with Crippen molar-refractivity contribution in [1.29, 1.82) is 0 Å². The van der Waals surface area contributed by atoms with Gasteiger partial charge in [-0.25, -0.2) is 0 Å². The summed E-state index contributed by atoms with van der Waals surface area (Å²) < 4.78 is 10.8. The van der Waals surface area contributed by atoms with Crippen molar-refractivity contribution in [1.82, 2.24) is 15.1 Å². The van der Waals surface area contributed by atoms with Crippen LogP contribution in [0, 0.1) is 6.92 Å². The number of aryl methyl sites for hydroxylation is 1. The third-order valence-corrected chi connectivity index (χ3v) is 4.29. The SMILES string of the molecule is COc1cc(C)c(CN(C)CCN2CCNCC2)cc1OC.Cl.Cl. The smallest absolute Gasteiger partial charge is 0.161 e. The Kier molecular flexibility index (Phi) is 11.4. The summed E-state index contributed by atoms with van der Waals surface area (Å²) >= 11 is 0. The van der Waals surface area contributed by atoms with Crippen LogP contribution in [-0.2, 0) is 6.54 Å². The average molecular weight is 380 g/mol. The van der Waals surface area contributed by atoms with E-state index in [1.807, 2.05) is 0 Å². The van der Waals surface area contributed by atoms with Crippen LogP contribution in [0.25, 0.3) is 0 Å². The first-order chi connectivity index (χ1) is 10.6. The number of nitrogens with zero attached hydrogens (tertiary/aromatic N) is 2. The minimum absolute atomic E-state index is 0. The second-order valence-electron chi connectivity index (χ2n) is 5.96. The van der Waals surface area contributed by atoms with E-state index in [1.54, 1.807) is 14.2 Å². The number of benzene rings is 1. The van der Waals surface area contributed by atoms with Crippen molar-refractivity contribution in [2.45, 2.75) is 13.5 Å². The molecule has 0 bridgehead atoms. The van der Waals surface area contributed by atoms with Gasteiger partial charge in [-0.05, 0) is 37.2 Å². The normalized spacial score (nSPS) is 14.7. The van der Waals surface area contributed by atoms with Gasteiger partial charge in [0.15, 0.2) is 11.5 Å². The molecule has 0 amide bonds. The molecule has 0 aromatic heterocycles. The molecule has 1 fully saturated rings. The van der Waals surface area contributed by atoms with E-state index in [-0.39, 0.29) is 24.8 Å². The van der Waals surface area contributed by atoms with Crippen LogP contribution < -0.4 is 14.8 Å². The maximum Gasteiger partial charge on any atom is 0.161 e. The largest absolute Gasteiger partial charge is 0.493 e. The molecule has 0 aliphatic carbocycles. The number of hydrogen-bond donors (Lipinski definition) is 1. The Morgan fingerprint density at radius 3 is 2.25 bits per heavy atom. The highest BCUT2D eigenvalue weighted by Gasteiger charge is 2.12. The lowest BCUT2D eigenvalue weighted by atomic mass is 10.1. The average Bonchev–Trinajstić information content (AvgIpc) is 2.55. The molecule has 2 rings (SSSR count). The Balaban J connectivity index is 0.00000264. The first-order valence-corrected chi connectivity index (χ1v) is 7.97. The van der Waals surface area contributed by atoms with Crippen LogP contribution in [0.5, 0.6) is 11.5 Å². The predicted octanol–water partition coefficient (Wildman–Crippen LogP) is 2.19. The molecule has 5 nitrogen and oxygen atoms in total. The number of nitrogens with one attached hydrogen (secondary N) is 1. The predicted molar refractivity (Wildman–Crippen MR) is 104 cm³/mol. The zero-order chi connectivity index (χ0) is 15.9. The molecule has 1 aliphatic heterocycles. The van der Waals surface area contributed by atoms with Crippen LogP contribution >= 0.6 is 24.8 Å². The molecule has 24 heavy (non-hydrogen) atoms. The summed E-state index contributed by atoms with van der Waals surface area (Å²) in [6.45, 7) is 9.79. The van der Waals surface area contributed by atoms with Gasteiger partial charge in [0, 0.05) is 45.8 Å². The zero-order valence-electron chi connectivity index (χ0n) is 15.1. The lowest BCUT2D eigenvalue weighted by molar-refractivity contribution is 0.202. The first-order valence-electron chi connectivity index (χ1n) is 7.97. The minimum atomic E-state index is 0. The molecule has 7 heteroatoms. The number of methoxy groups -OCH3 is 2. The van der Waals surface area contributed by atoms with Crippen molar-refractivity contribution in [3.8, 4) is 11.5 Å². The fraction of sp³-hybridized carbons (Fsp3) is 0.647. The molecule has 0 unspecified atom stereocenters. The minimum Gasteiger partial charge on any atom is -0.493 e. The number of piperazine rings is 1. The summed E-state index contributed by atoms with van der Waals surface area (Å²) in [5.74, 6) is 1.60. The van der Waals surface area contributed by atoms with E-state index in [9.17, 15) is 0 Å². The molecule has 1 saturated heterocycles. The highest BCUT2D eigenvalue weighted by Crippen LogP contribution is 2.30. The molecule has 0 spiro atoms. The maximum absolute atomic E-state index is 5.41. The van der Waals surface area contributed by atoms with Crippen molar-refractivity contribution in [3.05, 3.63) is 23.3 Å². The van der Waals surface area contributed by atoms with Gasteiger partial charge in [0.05, 0.1) is 14.2 Å². The highest BCUT2D eigenvalue weighted by molar-refractivity contribution is 5.85. The van der Waals surface area contributed by atoms with E-state index in [4.69, 9.17) is 9.47 Å². The topological polar surface area (TPSA) is 37.0 Å². The van der Waals surface area contributed by atoms with Gasteiger partial charge in [-0.15, -0.1) is 24.8 Å². The molecule has 0 atom stereocenters. The number of likely N-dealkylation sites (N-methyl/N-ethyl adjacent to an activating group) is 1. The van der Waals surface area contributed by atoms with Crippen molar-refractivity contribution < 1.29 is 9.47 Å². The number of ether oxygens (including phenoxy) is 2. The summed E-state index contributed by atoms with van der Waals surface area (Å²) in [5, 5.41) is 3.39. The lowest BCUT2D eigenvalue weighted by Crippen LogP contribution is -2.45. The number of hydrogen-bond acceptors (Lipinski definition) is 5. The highest BCUT2D eigenvalue weighted by atomic mass is 35.5. The summed E-state index contributed by atoms with van der Waals surface area (Å²) in [6.07, 6.45) is 0. The summed E-state index contributed by atoms with van der Waals surface area (Å²) in [6, 6.07) is 4.15. The van der Waals surface area contributed by atoms with Crippen molar-refractivity contribution >= 4 is 24.8 Å². The lowest BCUT2D eigenvalue weighted by Gasteiger charge is -2.29. The quantitative estimate of drug-likeness (QED) is 0.785. The van der Waals surface area contributed by atoms with Crippen LogP contribution in [-0.4, -0.2) is 70.3 Å². The molecule has 0 radical (unpaired) electrons. The number of rotatable bonds is 7. The Morgan fingerprint density at radius 1 is 1.08 bits per heavy atom. The molecular weight excluding hydrogens is 349 g/mol. The van der Waals surface area contributed by atoms with Gasteiger partial charge >= 0.3 is 0 Å². The number of halogens is 2. The van der Waals surface area contributed by atoms with Crippen LogP contribution in [0.1, 0.15) is 11.1 Å². The standard InChI is InChI=1S/C17H29N3O2.2ClH/c1-14-11-16(21-3)17(22-4)12-15(14)13-19(2)9-10-20-7-5-18-6-8-20;;/h11-12,18H,5-10,13H2,1-4H3;2*1H. The maximum atomic E-state index is 5.41. The van der Waals surface area contributed by atoms with E-state index in [0.717, 1.165) is 57.3 Å². The van der Waals surface area contributed by atoms with Gasteiger partial charge in [0.25, 0.3) is 0 Å². The monoisotopic (exact) mass is 379 g/mol. The van der Waals surface area contributed by atoms with E-state index in [1.165, 1.54) is 11.1 Å². The summed E-state index contributed by atoms with van der Waals surface area (Å²) in [4.78, 5) is 4.89. The van der Waals surface area contributed by atoms with Crippen LogP contribution in [0.4, 0.5) is 0 Å². The molecular formula is C17H31Cl2N3O2. The van der Waals surface area contributed by atoms with E-state index < -0.39 is 0 Å². The Labute approximate surface area is 158 Å². The molecule has 0 saturated carbocycles. The second kappa shape index (κ2) is 11.8. The third-order valence-electron chi connectivity index (χ3n) is 4.29. The van der Waals surface area contributed by atoms with Gasteiger partial charge in [-0.1, -0.05) is 0 Å². The third kappa shape index (κ3) is 6.65. The summed E-state index contributed by atoms with van der Waals surface area (Å²) in [7, 11) is 5.54. The van der Waals surface area contributed by atoms with Crippen LogP contribution in [0.2, 0.25) is 0 Å². The first kappa shape index (κ1) is 23.3. The van der Waals surface area contributed by atoms with Crippen LogP contribution in [0.3, 0.4) is 0 Å². The van der Waals surface area contributed by atoms with Gasteiger partial charge in [-0.2, -0.15) is 0 Å². The molecule has 1 aromatic carbocycles. The Hall–Kier alpha value is -0.720. The molecule has 1 N–H and O–H groups in total. The fourth-order valence-corrected chi connectivity index (χ4v) is 2.81. The van der Waals surface area contributed by atoms with E-state index in [0.29, 0.717) is 0 Å². The molecule has 1 heterocycles. The summed E-state index contributed by atoms with van der Waals surface area (Å²) in [5.41, 5.74) is 2.53. The Morgan fingerprint density at radius 2 is 1.67 bits per heavy atom. The van der Waals surface area contributed by atoms with E-state index >= 15 is 0 Å². The molecule has 1 aromatic rings. The van der Waals surface area contributed by atoms with Gasteiger partial charge in [0.1, 0.15) is 0 Å². The van der Waals surface area contributed by atoms with Crippen molar-refractivity contribution in [2.24, 2.45) is 0 Å². The second-order valence-corrected chi connectivity index (χ2v) is 5.96. The van der Waals surface area contributed by atoms with Crippen molar-refractivity contribution in [2.75, 3.05) is 60.5 Å². The molecule has 140 valence electrons. The van der Waals surface area contributed by atoms with Gasteiger partial charge in [-0.3, -0.25) is 4.90 Å². The van der Waals surface area contributed by atoms with Crippen molar-refractivity contribution in [3.63, 3.8) is 0 Å². The van der Waals surface area contributed by atoms with E-state index in [2.05, 4.69) is 41.2 Å². The van der Waals surface area contributed by atoms with Crippen LogP contribution in [0.15, 0.2) is 12.1 Å². The fourth-order valence-electron chi connectivity index (χ4n) is 2.81. The van der Waals surface area contributed by atoms with Gasteiger partial charge in [0.2, 0.25) is 0 Å². The Bertz CT molecular complexity index is 483.